The third kappa shape index (κ3) is 14.3. The van der Waals surface area contributed by atoms with Gasteiger partial charge in [-0.3, -0.25) is 33.8 Å². The van der Waals surface area contributed by atoms with E-state index >= 15 is 4.39 Å². The van der Waals surface area contributed by atoms with Gasteiger partial charge < -0.3 is 38.7 Å². The van der Waals surface area contributed by atoms with Crippen molar-refractivity contribution < 1.29 is 42.6 Å². The minimum Gasteiger partial charge on any atom is -0.497 e. The number of likely N-dealkylation sites (tertiary alicyclic amines) is 2. The summed E-state index contributed by atoms with van der Waals surface area (Å²) in [5, 5.41) is 7.98. The molecule has 18 nitrogen and oxygen atoms in total. The molecule has 4 saturated heterocycles. The number of halogens is 1. The van der Waals surface area contributed by atoms with E-state index in [9.17, 15) is 28.8 Å². The van der Waals surface area contributed by atoms with Crippen molar-refractivity contribution in [3.05, 3.63) is 135 Å². The molecule has 1 aromatic heterocycles. The zero-order valence-electron chi connectivity index (χ0n) is 46.9. The lowest BCUT2D eigenvalue weighted by Gasteiger charge is -2.40. The number of nitrogens with one attached hydrogen (secondary N) is 1. The van der Waals surface area contributed by atoms with E-state index in [-0.39, 0.29) is 47.9 Å². The first-order valence-electron chi connectivity index (χ1n) is 28.2. The first kappa shape index (κ1) is 57.3. The minimum atomic E-state index is -0.762. The van der Waals surface area contributed by atoms with Crippen LogP contribution in [0.2, 0.25) is 0 Å². The van der Waals surface area contributed by atoms with Gasteiger partial charge in [0.05, 0.1) is 43.4 Å². The standard InChI is InChI=1S/C61H76FN9O9/c1-6-79-54-36-48(78-5)18-17-47(54)39-71(60(77)80-61(2,3)4)41-56(73)70-22-10-13-46(38-70)44-11-9-12-45(35-44)58(75)68-23-20-42(21-24-68)37-65-25-27-66(28-26-65)40-55(72)67-29-31-69(32-30-67)59(76)51-33-43(16-19-52(51)62)34-53-49-14-7-8-15-50(49)57(74)64-63-53/h7-9,11-12,14-19,33,35-36,42,46H,6,10,13,20-32,34,37-41H2,1-5H3,(H,64,74)/t46-/m1/s1. The number of aromatic nitrogens is 2. The van der Waals surface area contributed by atoms with E-state index in [1.807, 2.05) is 59.2 Å². The number of aromatic amines is 1. The third-order valence-corrected chi connectivity index (χ3v) is 15.9. The molecule has 1 N–H and O–H groups in total. The highest BCUT2D eigenvalue weighted by molar-refractivity contribution is 5.95. The van der Waals surface area contributed by atoms with Crippen LogP contribution >= 0.6 is 0 Å². The number of hydrogen-bond donors (Lipinski definition) is 1. The molecule has 0 aliphatic carbocycles. The van der Waals surface area contributed by atoms with Gasteiger partial charge in [0.2, 0.25) is 11.8 Å². The quantitative estimate of drug-likeness (QED) is 0.111. The van der Waals surface area contributed by atoms with Crippen LogP contribution in [0.5, 0.6) is 11.5 Å². The van der Waals surface area contributed by atoms with Gasteiger partial charge >= 0.3 is 6.09 Å². The Balaban J connectivity index is 0.699. The lowest BCUT2D eigenvalue weighted by molar-refractivity contribution is -0.134. The molecule has 426 valence electrons. The maximum absolute atomic E-state index is 15.1. The summed E-state index contributed by atoms with van der Waals surface area (Å²) in [4.78, 5) is 94.3. The van der Waals surface area contributed by atoms with Crippen LogP contribution < -0.4 is 15.0 Å². The number of carbonyl (C=O) groups is 5. The summed E-state index contributed by atoms with van der Waals surface area (Å²) in [6.45, 7) is 15.9. The lowest BCUT2D eigenvalue weighted by atomic mass is 9.89. The molecule has 0 unspecified atom stereocenters. The third-order valence-electron chi connectivity index (χ3n) is 15.9. The zero-order valence-corrected chi connectivity index (χ0v) is 46.9. The Morgan fingerprint density at radius 2 is 1.45 bits per heavy atom. The van der Waals surface area contributed by atoms with E-state index in [1.54, 1.807) is 74.1 Å². The molecule has 4 aliphatic rings. The molecule has 0 saturated carbocycles. The average molecular weight is 1100 g/mol. The molecule has 0 radical (unpaired) electrons. The van der Waals surface area contributed by atoms with Crippen LogP contribution in [0, 0.1) is 11.7 Å². The van der Waals surface area contributed by atoms with E-state index in [4.69, 9.17) is 14.2 Å². The van der Waals surface area contributed by atoms with Crippen LogP contribution in [0.1, 0.15) is 102 Å². The van der Waals surface area contributed by atoms with Gasteiger partial charge in [-0.1, -0.05) is 36.4 Å². The summed E-state index contributed by atoms with van der Waals surface area (Å²) in [6, 6.07) is 24.9. The van der Waals surface area contributed by atoms with Gasteiger partial charge in [-0.05, 0) is 113 Å². The second kappa shape index (κ2) is 25.8. The number of piperidine rings is 2. The van der Waals surface area contributed by atoms with Crippen molar-refractivity contribution in [2.75, 3.05) is 112 Å². The first-order chi connectivity index (χ1) is 38.5. The Labute approximate surface area is 467 Å². The monoisotopic (exact) mass is 1100 g/mol. The fourth-order valence-electron chi connectivity index (χ4n) is 11.4. The molecule has 9 rings (SSSR count). The number of methoxy groups -OCH3 is 1. The van der Waals surface area contributed by atoms with Gasteiger partial charge in [0.15, 0.2) is 0 Å². The zero-order chi connectivity index (χ0) is 56.5. The van der Waals surface area contributed by atoms with Crippen molar-refractivity contribution in [3.63, 3.8) is 0 Å². The van der Waals surface area contributed by atoms with Gasteiger partial charge in [-0.25, -0.2) is 14.3 Å². The normalized spacial score (nSPS) is 17.8. The average Bonchev–Trinajstić information content (AvgIpc) is 3.46. The molecule has 80 heavy (non-hydrogen) atoms. The van der Waals surface area contributed by atoms with E-state index in [1.165, 1.54) is 11.0 Å². The predicted octanol–water partition coefficient (Wildman–Crippen LogP) is 6.66. The Morgan fingerprint density at radius 1 is 0.738 bits per heavy atom. The highest BCUT2D eigenvalue weighted by Gasteiger charge is 2.33. The number of ether oxygens (including phenoxy) is 3. The van der Waals surface area contributed by atoms with Gasteiger partial charge in [0.25, 0.3) is 17.4 Å². The number of H-pyrrole nitrogens is 1. The van der Waals surface area contributed by atoms with E-state index in [0.717, 1.165) is 69.5 Å². The number of rotatable bonds is 16. The van der Waals surface area contributed by atoms with Crippen LogP contribution in [-0.4, -0.2) is 192 Å². The van der Waals surface area contributed by atoms with Crippen molar-refractivity contribution >= 4 is 40.5 Å². The van der Waals surface area contributed by atoms with Gasteiger partial charge in [-0.2, -0.15) is 5.10 Å². The Kier molecular flexibility index (Phi) is 18.5. The highest BCUT2D eigenvalue weighted by Crippen LogP contribution is 2.31. The number of fused-ring (bicyclic) bond motifs is 1. The molecule has 0 bridgehead atoms. The Morgan fingerprint density at radius 3 is 2.17 bits per heavy atom. The summed E-state index contributed by atoms with van der Waals surface area (Å²) in [5.74, 6) is 0.523. The molecular weight excluding hydrogens is 1020 g/mol. The van der Waals surface area contributed by atoms with Crippen molar-refractivity contribution in [3.8, 4) is 11.5 Å². The second-order valence-electron chi connectivity index (χ2n) is 22.6. The maximum Gasteiger partial charge on any atom is 0.411 e. The SMILES string of the molecule is CCOc1cc(OC)ccc1CN(CC(=O)N1CCC[C@@H](c2cccc(C(=O)N3CCC(CN4CCN(CC(=O)N5CCN(C(=O)c6cc(Cc7n[nH]c(=O)c8ccccc78)ccc6F)CC5)CC4)CC3)c2)C1)C(=O)OC(C)(C)C. The van der Waals surface area contributed by atoms with Crippen LogP contribution in [0.25, 0.3) is 10.8 Å². The molecule has 19 heteroatoms. The van der Waals surface area contributed by atoms with Crippen LogP contribution in [0.4, 0.5) is 9.18 Å². The highest BCUT2D eigenvalue weighted by atomic mass is 19.1. The summed E-state index contributed by atoms with van der Waals surface area (Å²) >= 11 is 0. The predicted molar refractivity (Wildman–Crippen MR) is 301 cm³/mol. The summed E-state index contributed by atoms with van der Waals surface area (Å²) in [5.41, 5.74) is 2.63. The molecule has 5 amide bonds. The van der Waals surface area contributed by atoms with Crippen molar-refractivity contribution in [2.24, 2.45) is 5.92 Å². The van der Waals surface area contributed by atoms with Gasteiger partial charge in [0, 0.05) is 120 Å². The molecule has 1 atom stereocenters. The minimum absolute atomic E-state index is 0.0181. The van der Waals surface area contributed by atoms with Crippen molar-refractivity contribution in [2.45, 2.75) is 77.9 Å². The first-order valence-corrected chi connectivity index (χ1v) is 28.2. The molecular formula is C61H76FN9O9. The topological polar surface area (TPSA) is 181 Å². The number of hydrogen-bond acceptors (Lipinski definition) is 12. The maximum atomic E-state index is 15.1. The summed E-state index contributed by atoms with van der Waals surface area (Å²) in [7, 11) is 1.58. The number of carbonyl (C=O) groups excluding carboxylic acids is 5. The van der Waals surface area contributed by atoms with Gasteiger partial charge in [-0.15, -0.1) is 0 Å². The fraction of sp³-hybridized carbons (Fsp3) is 0.492. The van der Waals surface area contributed by atoms with Crippen LogP contribution in [0.3, 0.4) is 0 Å². The van der Waals surface area contributed by atoms with E-state index in [0.29, 0.717) is 117 Å². The molecule has 5 heterocycles. The van der Waals surface area contributed by atoms with Crippen molar-refractivity contribution in [1.82, 2.24) is 44.5 Å². The number of piperazine rings is 2. The number of benzene rings is 4. The lowest BCUT2D eigenvalue weighted by Crippen LogP contribution is -2.55. The molecule has 0 spiro atoms. The van der Waals surface area contributed by atoms with E-state index in [2.05, 4.69) is 20.0 Å². The van der Waals surface area contributed by atoms with E-state index < -0.39 is 23.4 Å². The largest absolute Gasteiger partial charge is 0.497 e. The van der Waals surface area contributed by atoms with Crippen molar-refractivity contribution in [1.29, 1.82) is 0 Å². The van der Waals surface area contributed by atoms with Crippen LogP contribution in [-0.2, 0) is 27.3 Å². The molecule has 4 fully saturated rings. The Bertz CT molecular complexity index is 3090. The smallest absolute Gasteiger partial charge is 0.411 e. The fourth-order valence-corrected chi connectivity index (χ4v) is 11.4. The van der Waals surface area contributed by atoms with Gasteiger partial charge in [0.1, 0.15) is 29.5 Å². The Hall–Kier alpha value is -7.38. The second-order valence-corrected chi connectivity index (χ2v) is 22.6. The molecule has 4 aromatic carbocycles. The molecule has 5 aromatic rings. The molecule has 4 aliphatic heterocycles. The van der Waals surface area contributed by atoms with Crippen LogP contribution in [0.15, 0.2) is 89.7 Å². The number of nitrogens with zero attached hydrogens (tertiary/aromatic N) is 8. The summed E-state index contributed by atoms with van der Waals surface area (Å²) in [6.07, 6.45) is 3.20. The summed E-state index contributed by atoms with van der Waals surface area (Å²) < 4.78 is 32.2. The number of amides is 5.